The Morgan fingerprint density at radius 2 is 1.26 bits per heavy atom. The van der Waals surface area contributed by atoms with Crippen molar-refractivity contribution in [2.75, 3.05) is 19.7 Å². The maximum atomic E-state index is 9.39. The highest BCUT2D eigenvalue weighted by Gasteiger charge is 2.35. The van der Waals surface area contributed by atoms with E-state index in [0.29, 0.717) is 6.17 Å². The smallest absolute Gasteiger partial charge is 0.166 e. The fourth-order valence-corrected chi connectivity index (χ4v) is 4.91. The van der Waals surface area contributed by atoms with Crippen LogP contribution in [0.2, 0.25) is 0 Å². The van der Waals surface area contributed by atoms with Crippen molar-refractivity contribution in [3.05, 3.63) is 24.6 Å². The van der Waals surface area contributed by atoms with Crippen molar-refractivity contribution in [3.63, 3.8) is 0 Å². The van der Waals surface area contributed by atoms with E-state index in [-0.39, 0.29) is 6.61 Å². The summed E-state index contributed by atoms with van der Waals surface area (Å²) in [4.78, 5) is 0. The summed E-state index contributed by atoms with van der Waals surface area (Å²) in [6.45, 7) is 6.68. The highest BCUT2D eigenvalue weighted by atomic mass is 16.3. The molecule has 182 valence electrons. The van der Waals surface area contributed by atoms with Crippen molar-refractivity contribution >= 4 is 0 Å². The Kier molecular flexibility index (Phi) is 18.1. The lowest BCUT2D eigenvalue weighted by atomic mass is 10.0. The largest absolute Gasteiger partial charge is 0.390 e. The molecule has 0 saturated carbocycles. The lowest BCUT2D eigenvalue weighted by Crippen LogP contribution is -2.54. The second-order valence-electron chi connectivity index (χ2n) is 9.65. The van der Waals surface area contributed by atoms with E-state index in [1.54, 1.807) is 0 Å². The molecule has 1 aliphatic heterocycles. The van der Waals surface area contributed by atoms with Gasteiger partial charge in [-0.25, -0.2) is 0 Å². The molecule has 0 bridgehead atoms. The maximum absolute atomic E-state index is 9.39. The van der Waals surface area contributed by atoms with Crippen molar-refractivity contribution in [2.24, 2.45) is 0 Å². The Hall–Kier alpha value is -0.800. The van der Waals surface area contributed by atoms with Crippen molar-refractivity contribution < 1.29 is 9.59 Å². The van der Waals surface area contributed by atoms with Crippen molar-refractivity contribution in [3.8, 4) is 0 Å². The number of aliphatic hydroxyl groups excluding tert-OH is 1. The molecule has 0 radical (unpaired) electrons. The van der Waals surface area contributed by atoms with Gasteiger partial charge in [-0.15, -0.1) is 0 Å². The van der Waals surface area contributed by atoms with Crippen LogP contribution in [0, 0.1) is 0 Å². The summed E-state index contributed by atoms with van der Waals surface area (Å²) in [7, 11) is 0. The summed E-state index contributed by atoms with van der Waals surface area (Å²) in [6, 6.07) is 0. The van der Waals surface area contributed by atoms with Gasteiger partial charge in [-0.2, -0.15) is 0 Å². The molecule has 2 atom stereocenters. The second kappa shape index (κ2) is 19.9. The van der Waals surface area contributed by atoms with Crippen LogP contribution in [0.25, 0.3) is 0 Å². The number of likely N-dealkylation sites (N-methyl/N-ethyl adjacent to an activating group) is 1. The van der Waals surface area contributed by atoms with E-state index in [1.807, 2.05) is 0 Å². The van der Waals surface area contributed by atoms with Crippen LogP contribution in [0.1, 0.15) is 129 Å². The molecule has 3 heteroatoms. The molecule has 2 unspecified atom stereocenters. The minimum absolute atomic E-state index is 0.269. The van der Waals surface area contributed by atoms with Crippen molar-refractivity contribution in [2.45, 2.75) is 136 Å². The fourth-order valence-electron chi connectivity index (χ4n) is 4.91. The zero-order valence-electron chi connectivity index (χ0n) is 21.1. The van der Waals surface area contributed by atoms with Crippen LogP contribution in [0.3, 0.4) is 0 Å². The number of nitrogens with zero attached hydrogens (tertiary/aromatic N) is 1. The van der Waals surface area contributed by atoms with E-state index in [2.05, 4.69) is 43.7 Å². The number of allylic oxidation sites excluding steroid dienone is 2. The normalized spacial score (nSPS) is 20.7. The quantitative estimate of drug-likeness (QED) is 0.103. The van der Waals surface area contributed by atoms with E-state index < -0.39 is 0 Å². The summed E-state index contributed by atoms with van der Waals surface area (Å²) in [5, 5.41) is 12.9. The van der Waals surface area contributed by atoms with Gasteiger partial charge in [0.25, 0.3) is 0 Å². The molecule has 0 aromatic rings. The molecule has 0 spiro atoms. The lowest BCUT2D eigenvalue weighted by molar-refractivity contribution is -0.900. The van der Waals surface area contributed by atoms with E-state index in [4.69, 9.17) is 0 Å². The molecule has 31 heavy (non-hydrogen) atoms. The summed E-state index contributed by atoms with van der Waals surface area (Å²) < 4.78 is 0.907. The van der Waals surface area contributed by atoms with Crippen LogP contribution < -0.4 is 5.32 Å². The number of hydrogen-bond donors (Lipinski definition) is 2. The Labute approximate surface area is 195 Å². The Morgan fingerprint density at radius 3 is 1.77 bits per heavy atom. The van der Waals surface area contributed by atoms with Gasteiger partial charge in [0.15, 0.2) is 6.17 Å². The summed E-state index contributed by atoms with van der Waals surface area (Å²) in [5.41, 5.74) is 0. The number of hydrogen-bond acceptors (Lipinski definition) is 2. The molecule has 2 N–H and O–H groups in total. The van der Waals surface area contributed by atoms with Gasteiger partial charge in [0.05, 0.1) is 19.4 Å². The van der Waals surface area contributed by atoms with Crippen LogP contribution in [0.4, 0.5) is 0 Å². The van der Waals surface area contributed by atoms with Gasteiger partial charge in [-0.1, -0.05) is 96.1 Å². The Bertz CT molecular complexity index is 448. The third kappa shape index (κ3) is 13.4. The highest BCUT2D eigenvalue weighted by Crippen LogP contribution is 2.23. The molecule has 0 saturated heterocycles. The SMILES string of the molecule is CCCCCCCCC/C=C/CCCCCCCCCCC1NC=C[N+]1(CC)CCO. The monoisotopic (exact) mass is 435 g/mol. The number of aliphatic hydroxyl groups is 1. The van der Waals surface area contributed by atoms with Gasteiger partial charge in [-0.3, -0.25) is 4.48 Å². The minimum atomic E-state index is 0.269. The number of unbranched alkanes of at least 4 members (excludes halogenated alkanes) is 15. The molecule has 1 heterocycles. The van der Waals surface area contributed by atoms with Gasteiger partial charge in [0, 0.05) is 6.42 Å². The van der Waals surface area contributed by atoms with Gasteiger partial charge in [-0.05, 0) is 39.0 Å². The molecule has 3 nitrogen and oxygen atoms in total. The third-order valence-electron chi connectivity index (χ3n) is 7.13. The number of nitrogens with one attached hydrogen (secondary N) is 1. The molecule has 1 aliphatic rings. The molecule has 0 aromatic heterocycles. The topological polar surface area (TPSA) is 32.3 Å². The van der Waals surface area contributed by atoms with E-state index in [9.17, 15) is 5.11 Å². The van der Waals surface area contributed by atoms with Crippen LogP contribution in [-0.4, -0.2) is 35.5 Å². The molecule has 1 rings (SSSR count). The molecular formula is C28H55N2O+. The van der Waals surface area contributed by atoms with Crippen molar-refractivity contribution in [1.82, 2.24) is 5.32 Å². The summed E-state index contributed by atoms with van der Waals surface area (Å²) in [6.07, 6.45) is 34.3. The standard InChI is InChI=1S/C28H55N2O/c1-3-5-6-7-8-9-10-11-12-13-14-15-16-17-18-19-20-21-22-23-28-29-24-25-30(28,4-2)26-27-31/h12-13,24-25,28-29,31H,3-11,14-23,26-27H2,1-2H3/q+1/b13-12+. The van der Waals surface area contributed by atoms with Crippen molar-refractivity contribution in [1.29, 1.82) is 0 Å². The average Bonchev–Trinajstić information content (AvgIpc) is 3.18. The fraction of sp³-hybridized carbons (Fsp3) is 0.857. The summed E-state index contributed by atoms with van der Waals surface area (Å²) in [5.74, 6) is 0. The van der Waals surface area contributed by atoms with E-state index in [1.165, 1.54) is 116 Å². The number of rotatable bonds is 22. The first-order valence-corrected chi connectivity index (χ1v) is 13.8. The Balaban J connectivity index is 1.84. The Morgan fingerprint density at radius 1 is 0.742 bits per heavy atom. The van der Waals surface area contributed by atoms with Crippen LogP contribution in [-0.2, 0) is 0 Å². The van der Waals surface area contributed by atoms with E-state index in [0.717, 1.165) is 17.6 Å². The minimum Gasteiger partial charge on any atom is -0.390 e. The molecule has 0 fully saturated rings. The number of quaternary nitrogens is 1. The summed E-state index contributed by atoms with van der Waals surface area (Å²) >= 11 is 0. The third-order valence-corrected chi connectivity index (χ3v) is 7.13. The average molecular weight is 436 g/mol. The second-order valence-corrected chi connectivity index (χ2v) is 9.65. The van der Waals surface area contributed by atoms with Gasteiger partial charge in [0.1, 0.15) is 12.7 Å². The van der Waals surface area contributed by atoms with Crippen LogP contribution in [0.5, 0.6) is 0 Å². The molecule has 0 amide bonds. The van der Waals surface area contributed by atoms with E-state index >= 15 is 0 Å². The predicted molar refractivity (Wildman–Crippen MR) is 137 cm³/mol. The molecule has 0 aliphatic carbocycles. The first-order chi connectivity index (χ1) is 15.3. The van der Waals surface area contributed by atoms with Gasteiger partial charge < -0.3 is 10.4 Å². The molecule has 0 aromatic carbocycles. The van der Waals surface area contributed by atoms with Crippen LogP contribution in [0.15, 0.2) is 24.6 Å². The zero-order valence-corrected chi connectivity index (χ0v) is 21.1. The first-order valence-electron chi connectivity index (χ1n) is 13.8. The van der Waals surface area contributed by atoms with Gasteiger partial charge >= 0.3 is 0 Å². The molecular weight excluding hydrogens is 380 g/mol. The van der Waals surface area contributed by atoms with Crippen LogP contribution >= 0.6 is 0 Å². The van der Waals surface area contributed by atoms with Gasteiger partial charge in [0.2, 0.25) is 0 Å². The first kappa shape index (κ1) is 28.2. The predicted octanol–water partition coefficient (Wildman–Crippen LogP) is 7.81. The zero-order chi connectivity index (χ0) is 22.5. The highest BCUT2D eigenvalue weighted by molar-refractivity contribution is 4.84. The lowest BCUT2D eigenvalue weighted by Gasteiger charge is -2.36. The maximum Gasteiger partial charge on any atom is 0.166 e.